The maximum atomic E-state index is 9.31. The molecule has 1 fully saturated rings. The van der Waals surface area contributed by atoms with Crippen molar-refractivity contribution in [2.24, 2.45) is 5.92 Å². The van der Waals surface area contributed by atoms with Crippen LogP contribution in [0.25, 0.3) is 0 Å². The van der Waals surface area contributed by atoms with Crippen molar-refractivity contribution in [1.82, 2.24) is 0 Å². The van der Waals surface area contributed by atoms with Gasteiger partial charge in [-0.05, 0) is 11.5 Å². The van der Waals surface area contributed by atoms with Gasteiger partial charge in [0.2, 0.25) is 0 Å². The summed E-state index contributed by atoms with van der Waals surface area (Å²) in [7, 11) is 0. The normalized spacial score (nSPS) is 33.5. The monoisotopic (exact) mass is 178 g/mol. The number of hydrogen-bond donors (Lipinski definition) is 1. The molecule has 1 heterocycles. The zero-order chi connectivity index (χ0) is 9.26. The molecule has 1 aliphatic rings. The number of ether oxygens (including phenoxy) is 1. The molecule has 1 saturated heterocycles. The Balaban J connectivity index is 2.18. The minimum atomic E-state index is -0.583. The Morgan fingerprint density at radius 3 is 2.54 bits per heavy atom. The van der Waals surface area contributed by atoms with Gasteiger partial charge in [0.15, 0.2) is 6.29 Å². The smallest absolute Gasteiger partial charge is 0.155 e. The first-order valence-electron chi connectivity index (χ1n) is 4.66. The summed E-state index contributed by atoms with van der Waals surface area (Å²) in [6, 6.07) is 10.1. The molecule has 1 N–H and O–H groups in total. The molecule has 0 bridgehead atoms. The molecule has 0 aliphatic carbocycles. The van der Waals surface area contributed by atoms with Crippen molar-refractivity contribution < 1.29 is 9.84 Å². The van der Waals surface area contributed by atoms with Crippen LogP contribution in [0.3, 0.4) is 0 Å². The van der Waals surface area contributed by atoms with Gasteiger partial charge in [-0.25, -0.2) is 0 Å². The lowest BCUT2D eigenvalue weighted by atomic mass is 9.97. The van der Waals surface area contributed by atoms with Gasteiger partial charge >= 0.3 is 0 Å². The molecule has 2 rings (SSSR count). The molecule has 2 heteroatoms. The van der Waals surface area contributed by atoms with Crippen LogP contribution < -0.4 is 0 Å². The SMILES string of the molecule is C[C@H]1C[C@H](O)O[C@H]1c1ccccc1. The van der Waals surface area contributed by atoms with E-state index in [0.29, 0.717) is 5.92 Å². The van der Waals surface area contributed by atoms with E-state index in [9.17, 15) is 5.11 Å². The van der Waals surface area contributed by atoms with E-state index < -0.39 is 6.29 Å². The third kappa shape index (κ3) is 1.74. The molecule has 0 amide bonds. The standard InChI is InChI=1S/C11H14O2/c1-8-7-10(12)13-11(8)9-5-3-2-4-6-9/h2-6,8,10-12H,7H2,1H3/t8-,10+,11+/m0/s1. The molecular formula is C11H14O2. The third-order valence-electron chi connectivity index (χ3n) is 2.52. The molecule has 1 aliphatic heterocycles. The van der Waals surface area contributed by atoms with E-state index >= 15 is 0 Å². The second kappa shape index (κ2) is 3.48. The predicted molar refractivity (Wildman–Crippen MR) is 50.1 cm³/mol. The zero-order valence-corrected chi connectivity index (χ0v) is 7.68. The van der Waals surface area contributed by atoms with Gasteiger partial charge in [0.25, 0.3) is 0 Å². The lowest BCUT2D eigenvalue weighted by Crippen LogP contribution is -2.05. The van der Waals surface area contributed by atoms with Crippen LogP contribution >= 0.6 is 0 Å². The lowest BCUT2D eigenvalue weighted by molar-refractivity contribution is -0.0931. The van der Waals surface area contributed by atoms with Gasteiger partial charge in [-0.1, -0.05) is 37.3 Å². The second-order valence-electron chi connectivity index (χ2n) is 3.64. The van der Waals surface area contributed by atoms with Crippen molar-refractivity contribution in [3.63, 3.8) is 0 Å². The fourth-order valence-electron chi connectivity index (χ4n) is 1.85. The molecule has 0 unspecified atom stereocenters. The number of hydrogen-bond acceptors (Lipinski definition) is 2. The summed E-state index contributed by atoms with van der Waals surface area (Å²) in [5.41, 5.74) is 1.16. The van der Waals surface area contributed by atoms with E-state index in [-0.39, 0.29) is 6.10 Å². The van der Waals surface area contributed by atoms with Gasteiger partial charge in [-0.3, -0.25) is 0 Å². The molecule has 1 aromatic rings. The summed E-state index contributed by atoms with van der Waals surface area (Å²) in [5.74, 6) is 0.400. The average molecular weight is 178 g/mol. The number of rotatable bonds is 1. The molecule has 0 radical (unpaired) electrons. The molecule has 1 aromatic carbocycles. The Labute approximate surface area is 78.2 Å². The van der Waals surface area contributed by atoms with Crippen LogP contribution in [0.5, 0.6) is 0 Å². The molecular weight excluding hydrogens is 164 g/mol. The van der Waals surface area contributed by atoms with Crippen LogP contribution in [0, 0.1) is 5.92 Å². The van der Waals surface area contributed by atoms with E-state index in [4.69, 9.17) is 4.74 Å². The summed E-state index contributed by atoms with van der Waals surface area (Å²) >= 11 is 0. The van der Waals surface area contributed by atoms with Crippen molar-refractivity contribution in [3.8, 4) is 0 Å². The van der Waals surface area contributed by atoms with Crippen LogP contribution in [-0.2, 0) is 4.74 Å². The average Bonchev–Trinajstić information content (AvgIpc) is 2.47. The van der Waals surface area contributed by atoms with E-state index in [1.54, 1.807) is 0 Å². The largest absolute Gasteiger partial charge is 0.368 e. The van der Waals surface area contributed by atoms with E-state index in [2.05, 4.69) is 6.92 Å². The van der Waals surface area contributed by atoms with E-state index in [1.807, 2.05) is 30.3 Å². The Morgan fingerprint density at radius 1 is 1.31 bits per heavy atom. The van der Waals surface area contributed by atoms with Gasteiger partial charge in [0.1, 0.15) is 0 Å². The maximum absolute atomic E-state index is 9.31. The summed E-state index contributed by atoms with van der Waals surface area (Å²) in [6.07, 6.45) is 0.218. The van der Waals surface area contributed by atoms with E-state index in [0.717, 1.165) is 12.0 Å². The summed E-state index contributed by atoms with van der Waals surface area (Å²) in [6.45, 7) is 2.11. The Morgan fingerprint density at radius 2 is 2.00 bits per heavy atom. The fourth-order valence-corrected chi connectivity index (χ4v) is 1.85. The van der Waals surface area contributed by atoms with Gasteiger partial charge < -0.3 is 9.84 Å². The minimum absolute atomic E-state index is 0.0659. The molecule has 2 nitrogen and oxygen atoms in total. The predicted octanol–water partition coefficient (Wildman–Crippen LogP) is 2.10. The summed E-state index contributed by atoms with van der Waals surface area (Å²) in [5, 5.41) is 9.31. The van der Waals surface area contributed by atoms with Crippen LogP contribution in [0.15, 0.2) is 30.3 Å². The van der Waals surface area contributed by atoms with Crippen LogP contribution in [-0.4, -0.2) is 11.4 Å². The maximum Gasteiger partial charge on any atom is 0.155 e. The first-order chi connectivity index (χ1) is 6.27. The topological polar surface area (TPSA) is 29.5 Å². The Bertz CT molecular complexity index is 271. The quantitative estimate of drug-likeness (QED) is 0.713. The fraction of sp³-hybridized carbons (Fsp3) is 0.455. The van der Waals surface area contributed by atoms with Crippen molar-refractivity contribution in [1.29, 1.82) is 0 Å². The van der Waals surface area contributed by atoms with Crippen molar-refractivity contribution >= 4 is 0 Å². The van der Waals surface area contributed by atoms with E-state index in [1.165, 1.54) is 0 Å². The molecule has 70 valence electrons. The van der Waals surface area contributed by atoms with Gasteiger partial charge in [0, 0.05) is 6.42 Å². The highest BCUT2D eigenvalue weighted by Gasteiger charge is 2.31. The van der Waals surface area contributed by atoms with Gasteiger partial charge in [0.05, 0.1) is 6.10 Å². The molecule has 13 heavy (non-hydrogen) atoms. The highest BCUT2D eigenvalue weighted by molar-refractivity contribution is 5.18. The first kappa shape index (κ1) is 8.73. The summed E-state index contributed by atoms with van der Waals surface area (Å²) in [4.78, 5) is 0. The van der Waals surface area contributed by atoms with Crippen LogP contribution in [0.2, 0.25) is 0 Å². The van der Waals surface area contributed by atoms with Crippen molar-refractivity contribution in [2.45, 2.75) is 25.7 Å². The molecule has 0 aromatic heterocycles. The number of aliphatic hydroxyl groups excluding tert-OH is 1. The Hall–Kier alpha value is -0.860. The number of aliphatic hydroxyl groups is 1. The minimum Gasteiger partial charge on any atom is -0.368 e. The van der Waals surface area contributed by atoms with Crippen molar-refractivity contribution in [2.75, 3.05) is 0 Å². The molecule has 0 spiro atoms. The third-order valence-corrected chi connectivity index (χ3v) is 2.52. The molecule has 3 atom stereocenters. The Kier molecular flexibility index (Phi) is 2.34. The zero-order valence-electron chi connectivity index (χ0n) is 7.68. The van der Waals surface area contributed by atoms with Crippen LogP contribution in [0.4, 0.5) is 0 Å². The van der Waals surface area contributed by atoms with Gasteiger partial charge in [-0.2, -0.15) is 0 Å². The summed E-state index contributed by atoms with van der Waals surface area (Å²) < 4.78 is 5.42. The second-order valence-corrected chi connectivity index (χ2v) is 3.64. The number of benzene rings is 1. The highest BCUT2D eigenvalue weighted by Crippen LogP contribution is 2.36. The first-order valence-corrected chi connectivity index (χ1v) is 4.66. The van der Waals surface area contributed by atoms with Gasteiger partial charge in [-0.15, -0.1) is 0 Å². The highest BCUT2D eigenvalue weighted by atomic mass is 16.6. The lowest BCUT2D eigenvalue weighted by Gasteiger charge is -2.14. The molecule has 0 saturated carbocycles. The van der Waals surface area contributed by atoms with Crippen molar-refractivity contribution in [3.05, 3.63) is 35.9 Å². The van der Waals surface area contributed by atoms with Crippen LogP contribution in [0.1, 0.15) is 25.0 Å².